The highest BCUT2D eigenvalue weighted by molar-refractivity contribution is 7.92. The van der Waals surface area contributed by atoms with Crippen molar-refractivity contribution in [2.75, 3.05) is 23.7 Å². The molecule has 0 spiro atoms. The van der Waals surface area contributed by atoms with Crippen LogP contribution in [0.15, 0.2) is 72.8 Å². The molecule has 3 aromatic rings. The van der Waals surface area contributed by atoms with Crippen LogP contribution in [0.3, 0.4) is 0 Å². The van der Waals surface area contributed by atoms with Gasteiger partial charge in [-0.3, -0.25) is 9.10 Å². The van der Waals surface area contributed by atoms with Crippen molar-refractivity contribution in [2.45, 2.75) is 38.9 Å². The molecule has 0 aliphatic heterocycles. The van der Waals surface area contributed by atoms with Crippen molar-refractivity contribution in [3.05, 3.63) is 95.1 Å². The van der Waals surface area contributed by atoms with Crippen LogP contribution in [0.4, 0.5) is 18.9 Å². The van der Waals surface area contributed by atoms with Crippen molar-refractivity contribution in [3.63, 3.8) is 0 Å². The van der Waals surface area contributed by atoms with E-state index in [1.165, 1.54) is 5.56 Å². The van der Waals surface area contributed by atoms with Gasteiger partial charge in [-0.1, -0.05) is 45.0 Å². The monoisotopic (exact) mass is 548 g/mol. The van der Waals surface area contributed by atoms with E-state index in [2.05, 4.69) is 26.1 Å². The molecule has 10 heteroatoms. The summed E-state index contributed by atoms with van der Waals surface area (Å²) in [5.41, 5.74) is 1.43. The predicted molar refractivity (Wildman–Crippen MR) is 142 cm³/mol. The van der Waals surface area contributed by atoms with Crippen LogP contribution in [0, 0.1) is 0 Å². The van der Waals surface area contributed by atoms with Crippen LogP contribution in [0.2, 0.25) is 0 Å². The lowest BCUT2D eigenvalue weighted by atomic mass is 9.87. The van der Waals surface area contributed by atoms with Crippen LogP contribution in [-0.2, 0) is 28.2 Å². The van der Waals surface area contributed by atoms with Crippen LogP contribution in [0.1, 0.15) is 47.8 Å². The van der Waals surface area contributed by atoms with Crippen molar-refractivity contribution < 1.29 is 31.1 Å². The van der Waals surface area contributed by atoms with Crippen LogP contribution in [0.5, 0.6) is 5.75 Å². The summed E-state index contributed by atoms with van der Waals surface area (Å²) in [6, 6.07) is 18.0. The summed E-state index contributed by atoms with van der Waals surface area (Å²) in [6.45, 7) is 6.87. The van der Waals surface area contributed by atoms with Crippen LogP contribution in [0.25, 0.3) is 0 Å². The van der Waals surface area contributed by atoms with Crippen LogP contribution >= 0.6 is 0 Å². The van der Waals surface area contributed by atoms with Crippen LogP contribution < -0.4 is 14.4 Å². The Balaban J connectivity index is 1.56. The number of halogens is 3. The SMILES string of the molecule is CC(C)(C)c1ccc(OCCNC(=O)c2ccc(CN(c3ccc(C(F)(F)F)cc3)S(C)(=O)=O)cc2)cc1. The van der Waals surface area contributed by atoms with E-state index in [1.54, 1.807) is 24.3 Å². The van der Waals surface area contributed by atoms with E-state index in [9.17, 15) is 26.4 Å². The minimum absolute atomic E-state index is 0.0490. The molecule has 0 aromatic heterocycles. The van der Waals surface area contributed by atoms with Gasteiger partial charge >= 0.3 is 6.18 Å². The molecule has 3 rings (SSSR count). The van der Waals surface area contributed by atoms with Gasteiger partial charge < -0.3 is 10.1 Å². The highest BCUT2D eigenvalue weighted by atomic mass is 32.2. The molecular formula is C28H31F3N2O4S. The van der Waals surface area contributed by atoms with Gasteiger partial charge in [0.1, 0.15) is 12.4 Å². The van der Waals surface area contributed by atoms with Crippen molar-refractivity contribution in [3.8, 4) is 5.75 Å². The molecule has 0 heterocycles. The third-order valence-corrected chi connectivity index (χ3v) is 6.94. The molecule has 38 heavy (non-hydrogen) atoms. The van der Waals surface area contributed by atoms with Crippen molar-refractivity contribution in [2.24, 2.45) is 0 Å². The van der Waals surface area contributed by atoms with E-state index in [0.29, 0.717) is 16.9 Å². The first-order chi connectivity index (χ1) is 17.6. The molecule has 1 amide bonds. The van der Waals surface area contributed by atoms with Crippen molar-refractivity contribution in [1.82, 2.24) is 5.32 Å². The van der Waals surface area contributed by atoms with Gasteiger partial charge in [0.15, 0.2) is 0 Å². The quantitative estimate of drug-likeness (QED) is 0.344. The Morgan fingerprint density at radius 1 is 0.868 bits per heavy atom. The molecule has 0 bridgehead atoms. The van der Waals surface area contributed by atoms with E-state index in [-0.39, 0.29) is 36.7 Å². The molecule has 0 aliphatic carbocycles. The lowest BCUT2D eigenvalue weighted by Gasteiger charge is -2.23. The summed E-state index contributed by atoms with van der Waals surface area (Å²) in [6.07, 6.45) is -3.54. The zero-order chi connectivity index (χ0) is 28.1. The fourth-order valence-corrected chi connectivity index (χ4v) is 4.52. The Hall–Kier alpha value is -3.53. The first kappa shape index (κ1) is 29.0. The Kier molecular flexibility index (Phi) is 8.76. The minimum Gasteiger partial charge on any atom is -0.492 e. The van der Waals surface area contributed by atoms with Gasteiger partial charge in [-0.25, -0.2) is 8.42 Å². The number of amides is 1. The van der Waals surface area contributed by atoms with E-state index in [4.69, 9.17) is 4.74 Å². The normalized spacial score (nSPS) is 12.2. The number of rotatable bonds is 9. The molecule has 0 radical (unpaired) electrons. The highest BCUT2D eigenvalue weighted by Gasteiger charge is 2.30. The minimum atomic E-state index is -4.52. The second-order valence-electron chi connectivity index (χ2n) is 9.89. The summed E-state index contributed by atoms with van der Waals surface area (Å²) in [4.78, 5) is 12.5. The third-order valence-electron chi connectivity index (χ3n) is 5.80. The lowest BCUT2D eigenvalue weighted by molar-refractivity contribution is -0.137. The number of nitrogens with zero attached hydrogens (tertiary/aromatic N) is 1. The Morgan fingerprint density at radius 2 is 1.42 bits per heavy atom. The summed E-state index contributed by atoms with van der Waals surface area (Å²) in [5.74, 6) is 0.394. The number of carbonyl (C=O) groups is 1. The number of alkyl halides is 3. The summed E-state index contributed by atoms with van der Waals surface area (Å²) in [7, 11) is -3.78. The Morgan fingerprint density at radius 3 is 1.92 bits per heavy atom. The van der Waals surface area contributed by atoms with Gasteiger partial charge in [-0.05, 0) is 65.1 Å². The number of anilines is 1. The van der Waals surface area contributed by atoms with Crippen molar-refractivity contribution in [1.29, 1.82) is 0 Å². The second-order valence-corrected chi connectivity index (χ2v) is 11.8. The second kappa shape index (κ2) is 11.5. The molecule has 3 aromatic carbocycles. The van der Waals surface area contributed by atoms with Gasteiger partial charge in [-0.15, -0.1) is 0 Å². The van der Waals surface area contributed by atoms with Gasteiger partial charge in [0.2, 0.25) is 10.0 Å². The van der Waals surface area contributed by atoms with E-state index in [0.717, 1.165) is 34.8 Å². The fraction of sp³-hybridized carbons (Fsp3) is 0.321. The number of sulfonamides is 1. The van der Waals surface area contributed by atoms with Gasteiger partial charge in [-0.2, -0.15) is 13.2 Å². The van der Waals surface area contributed by atoms with E-state index in [1.807, 2.05) is 24.3 Å². The van der Waals surface area contributed by atoms with Crippen molar-refractivity contribution >= 4 is 21.6 Å². The standard InChI is InChI=1S/C28H31F3N2O4S/c1-27(2,3)22-11-15-25(16-12-22)37-18-17-32-26(34)21-7-5-20(6-8-21)19-33(38(4,35)36)24-13-9-23(10-14-24)28(29,30)31/h5-16H,17-19H2,1-4H3,(H,32,34). The molecule has 0 saturated heterocycles. The average molecular weight is 549 g/mol. The van der Waals surface area contributed by atoms with E-state index < -0.39 is 21.8 Å². The maximum Gasteiger partial charge on any atom is 0.416 e. The largest absolute Gasteiger partial charge is 0.492 e. The highest BCUT2D eigenvalue weighted by Crippen LogP contribution is 2.31. The lowest BCUT2D eigenvalue weighted by Crippen LogP contribution is -2.29. The number of benzene rings is 3. The molecular weight excluding hydrogens is 517 g/mol. The molecule has 6 nitrogen and oxygen atoms in total. The first-order valence-electron chi connectivity index (χ1n) is 11.9. The Bertz CT molecular complexity index is 1330. The zero-order valence-electron chi connectivity index (χ0n) is 21.7. The zero-order valence-corrected chi connectivity index (χ0v) is 22.5. The van der Waals surface area contributed by atoms with Gasteiger partial charge in [0.25, 0.3) is 5.91 Å². The predicted octanol–water partition coefficient (Wildman–Crippen LogP) is 5.78. The molecule has 0 atom stereocenters. The topological polar surface area (TPSA) is 75.7 Å². The van der Waals surface area contributed by atoms with Gasteiger partial charge in [0.05, 0.1) is 30.6 Å². The Labute approximate surface area is 221 Å². The first-order valence-corrected chi connectivity index (χ1v) is 13.7. The molecule has 0 fully saturated rings. The molecule has 204 valence electrons. The smallest absolute Gasteiger partial charge is 0.416 e. The number of hydrogen-bond donors (Lipinski definition) is 1. The summed E-state index contributed by atoms with van der Waals surface area (Å²) >= 11 is 0. The van der Waals surface area contributed by atoms with Crippen LogP contribution in [-0.4, -0.2) is 33.7 Å². The van der Waals surface area contributed by atoms with E-state index >= 15 is 0 Å². The molecule has 0 unspecified atom stereocenters. The molecule has 1 N–H and O–H groups in total. The number of carbonyl (C=O) groups excluding carboxylic acids is 1. The number of hydrogen-bond acceptors (Lipinski definition) is 4. The summed E-state index contributed by atoms with van der Waals surface area (Å²) < 4.78 is 69.9. The third kappa shape index (κ3) is 7.98. The molecule has 0 saturated carbocycles. The molecule has 0 aliphatic rings. The maximum atomic E-state index is 12.9. The number of nitrogens with one attached hydrogen (secondary N) is 1. The fourth-order valence-electron chi connectivity index (χ4n) is 3.63. The average Bonchev–Trinajstić information content (AvgIpc) is 2.84. The summed E-state index contributed by atoms with van der Waals surface area (Å²) in [5, 5.41) is 2.77. The maximum absolute atomic E-state index is 12.9. The number of ether oxygens (including phenoxy) is 1. The van der Waals surface area contributed by atoms with Gasteiger partial charge in [0, 0.05) is 5.56 Å².